The van der Waals surface area contributed by atoms with E-state index in [2.05, 4.69) is 22.3 Å². The van der Waals surface area contributed by atoms with E-state index in [0.29, 0.717) is 13.2 Å². The van der Waals surface area contributed by atoms with Gasteiger partial charge in [0.15, 0.2) is 11.5 Å². The third-order valence-electron chi connectivity index (χ3n) is 5.25. The first-order valence-electron chi connectivity index (χ1n) is 10.0. The lowest BCUT2D eigenvalue weighted by Crippen LogP contribution is -2.43. The Morgan fingerprint density at radius 3 is 2.55 bits per heavy atom. The molecule has 1 fully saturated rings. The number of carbonyl (C=O) groups excluding carboxylic acids is 1. The molecule has 0 unspecified atom stereocenters. The lowest BCUT2D eigenvalue weighted by molar-refractivity contribution is -0.117. The van der Waals surface area contributed by atoms with E-state index >= 15 is 0 Å². The predicted molar refractivity (Wildman–Crippen MR) is 114 cm³/mol. The van der Waals surface area contributed by atoms with Gasteiger partial charge in [0, 0.05) is 36.8 Å². The largest absolute Gasteiger partial charge is 0.486 e. The topological polar surface area (TPSA) is 50.8 Å². The summed E-state index contributed by atoms with van der Waals surface area (Å²) in [6.45, 7) is 3.99. The highest BCUT2D eigenvalue weighted by Gasteiger charge is 2.20. The zero-order valence-corrected chi connectivity index (χ0v) is 17.0. The highest BCUT2D eigenvalue weighted by Crippen LogP contribution is 2.31. The van der Waals surface area contributed by atoms with Crippen LogP contribution < -0.4 is 14.8 Å². The number of benzene rings is 2. The van der Waals surface area contributed by atoms with Gasteiger partial charge in [0.25, 0.3) is 0 Å². The molecule has 1 N–H and O–H groups in total. The first-order valence-corrected chi connectivity index (χ1v) is 10.4. The minimum atomic E-state index is -0.0592. The average molecular weight is 413 g/mol. The van der Waals surface area contributed by atoms with Crippen molar-refractivity contribution in [3.8, 4) is 11.5 Å². The molecule has 29 heavy (non-hydrogen) atoms. The van der Waals surface area contributed by atoms with Crippen molar-refractivity contribution in [3.63, 3.8) is 0 Å². The van der Waals surface area contributed by atoms with Crippen molar-refractivity contribution in [1.82, 2.24) is 10.2 Å². The summed E-state index contributed by atoms with van der Waals surface area (Å²) in [5, 5.41) is 3.88. The smallest absolute Gasteiger partial charge is 0.244 e. The highest BCUT2D eigenvalue weighted by atomic mass is 35.5. The Morgan fingerprint density at radius 2 is 1.79 bits per heavy atom. The summed E-state index contributed by atoms with van der Waals surface area (Å²) in [4.78, 5) is 14.7. The molecule has 2 heterocycles. The maximum Gasteiger partial charge on any atom is 0.244 e. The van der Waals surface area contributed by atoms with Crippen molar-refractivity contribution in [2.24, 2.45) is 0 Å². The van der Waals surface area contributed by atoms with Crippen molar-refractivity contribution in [2.45, 2.75) is 25.4 Å². The number of likely N-dealkylation sites (tertiary alicyclic amines) is 1. The summed E-state index contributed by atoms with van der Waals surface area (Å²) in [5.41, 5.74) is 2.18. The third kappa shape index (κ3) is 5.52. The number of carbonyl (C=O) groups is 1. The van der Waals surface area contributed by atoms with E-state index in [4.69, 9.17) is 21.1 Å². The van der Waals surface area contributed by atoms with E-state index in [1.54, 1.807) is 6.08 Å². The molecule has 2 aromatic rings. The Bertz CT molecular complexity index is 874. The van der Waals surface area contributed by atoms with Gasteiger partial charge in [-0.05, 0) is 54.3 Å². The monoisotopic (exact) mass is 412 g/mol. The summed E-state index contributed by atoms with van der Waals surface area (Å²) in [7, 11) is 0. The normalized spacial score (nSPS) is 17.4. The molecule has 0 atom stereocenters. The molecule has 2 aliphatic rings. The summed E-state index contributed by atoms with van der Waals surface area (Å²) < 4.78 is 11.1. The van der Waals surface area contributed by atoms with Gasteiger partial charge in [-0.15, -0.1) is 0 Å². The van der Waals surface area contributed by atoms with E-state index in [9.17, 15) is 4.79 Å². The minimum Gasteiger partial charge on any atom is -0.486 e. The van der Waals surface area contributed by atoms with Crippen LogP contribution in [-0.4, -0.2) is 43.2 Å². The molecular weight excluding hydrogens is 388 g/mol. The lowest BCUT2D eigenvalue weighted by Gasteiger charge is -2.32. The number of amides is 1. The molecule has 6 heteroatoms. The summed E-state index contributed by atoms with van der Waals surface area (Å²) in [5.74, 6) is 1.42. The number of nitrogens with one attached hydrogen (secondary N) is 1. The molecule has 0 bridgehead atoms. The van der Waals surface area contributed by atoms with E-state index in [0.717, 1.165) is 54.6 Å². The van der Waals surface area contributed by atoms with Crippen LogP contribution >= 0.6 is 11.6 Å². The number of piperidine rings is 1. The van der Waals surface area contributed by atoms with E-state index in [1.165, 1.54) is 5.56 Å². The molecular formula is C23H25ClN2O3. The van der Waals surface area contributed by atoms with Crippen LogP contribution in [0.5, 0.6) is 11.5 Å². The summed E-state index contributed by atoms with van der Waals surface area (Å²) in [6.07, 6.45) is 5.31. The third-order valence-corrected chi connectivity index (χ3v) is 5.50. The number of rotatable bonds is 5. The Kier molecular flexibility index (Phi) is 6.37. The first-order chi connectivity index (χ1) is 14.2. The van der Waals surface area contributed by atoms with Gasteiger partial charge in [-0.1, -0.05) is 29.8 Å². The quantitative estimate of drug-likeness (QED) is 0.756. The van der Waals surface area contributed by atoms with Gasteiger partial charge in [-0.2, -0.15) is 0 Å². The van der Waals surface area contributed by atoms with Crippen LogP contribution in [0.1, 0.15) is 24.0 Å². The van der Waals surface area contributed by atoms with Crippen molar-refractivity contribution in [2.75, 3.05) is 26.3 Å². The van der Waals surface area contributed by atoms with Crippen molar-refractivity contribution in [1.29, 1.82) is 0 Å². The SMILES string of the molecule is O=C(/C=C/c1ccc2c(c1)OCCO2)NC1CCN(Cc2ccc(Cl)cc2)CC1. The standard InChI is InChI=1S/C23H25ClN2O3/c24-19-5-1-18(2-6-19)16-26-11-9-20(10-12-26)25-23(27)8-4-17-3-7-21-22(15-17)29-14-13-28-21/h1-8,15,20H,9-14,16H2,(H,25,27)/b8-4+. The van der Waals surface area contributed by atoms with Crippen molar-refractivity contribution >= 4 is 23.6 Å². The van der Waals surface area contributed by atoms with E-state index in [1.807, 2.05) is 36.4 Å². The van der Waals surface area contributed by atoms with E-state index < -0.39 is 0 Å². The summed E-state index contributed by atoms with van der Waals surface area (Å²) in [6, 6.07) is 13.9. The molecule has 2 aromatic carbocycles. The predicted octanol–water partition coefficient (Wildman–Crippen LogP) is 3.91. The van der Waals surface area contributed by atoms with Gasteiger partial charge >= 0.3 is 0 Å². The first kappa shape index (κ1) is 19.8. The van der Waals surface area contributed by atoms with Gasteiger partial charge in [-0.25, -0.2) is 0 Å². The van der Waals surface area contributed by atoms with Crippen LogP contribution in [0, 0.1) is 0 Å². The molecule has 4 rings (SSSR count). The fourth-order valence-corrected chi connectivity index (χ4v) is 3.79. The average Bonchev–Trinajstić information content (AvgIpc) is 2.75. The van der Waals surface area contributed by atoms with Crippen LogP contribution in [-0.2, 0) is 11.3 Å². The van der Waals surface area contributed by atoms with Crippen LogP contribution in [0.2, 0.25) is 5.02 Å². The molecule has 2 aliphatic heterocycles. The van der Waals surface area contributed by atoms with Gasteiger partial charge in [0.2, 0.25) is 5.91 Å². The molecule has 1 saturated heterocycles. The molecule has 0 aromatic heterocycles. The highest BCUT2D eigenvalue weighted by molar-refractivity contribution is 6.30. The minimum absolute atomic E-state index is 0.0592. The second kappa shape index (κ2) is 9.33. The maximum absolute atomic E-state index is 12.3. The van der Waals surface area contributed by atoms with Gasteiger partial charge in [0.1, 0.15) is 13.2 Å². The number of hydrogen-bond donors (Lipinski definition) is 1. The molecule has 0 spiro atoms. The van der Waals surface area contributed by atoms with Crippen molar-refractivity contribution < 1.29 is 14.3 Å². The molecule has 1 amide bonds. The zero-order chi connectivity index (χ0) is 20.1. The fraction of sp³-hybridized carbons (Fsp3) is 0.348. The second-order valence-corrected chi connectivity index (χ2v) is 7.86. The molecule has 0 aliphatic carbocycles. The number of ether oxygens (including phenoxy) is 2. The fourth-order valence-electron chi connectivity index (χ4n) is 3.67. The van der Waals surface area contributed by atoms with Crippen LogP contribution in [0.15, 0.2) is 48.5 Å². The Hall–Kier alpha value is -2.50. The van der Waals surface area contributed by atoms with Crippen molar-refractivity contribution in [3.05, 3.63) is 64.7 Å². The van der Waals surface area contributed by atoms with Crippen LogP contribution in [0.25, 0.3) is 6.08 Å². The lowest BCUT2D eigenvalue weighted by atomic mass is 10.0. The molecule has 0 saturated carbocycles. The number of nitrogens with zero attached hydrogens (tertiary/aromatic N) is 1. The van der Waals surface area contributed by atoms with Gasteiger partial charge in [-0.3, -0.25) is 9.69 Å². The van der Waals surface area contributed by atoms with Gasteiger partial charge < -0.3 is 14.8 Å². The zero-order valence-electron chi connectivity index (χ0n) is 16.3. The van der Waals surface area contributed by atoms with E-state index in [-0.39, 0.29) is 11.9 Å². The Labute approximate surface area is 176 Å². The molecule has 152 valence electrons. The number of hydrogen-bond acceptors (Lipinski definition) is 4. The van der Waals surface area contributed by atoms with Gasteiger partial charge in [0.05, 0.1) is 0 Å². The molecule has 5 nitrogen and oxygen atoms in total. The maximum atomic E-state index is 12.3. The summed E-state index contributed by atoms with van der Waals surface area (Å²) >= 11 is 5.95. The Morgan fingerprint density at radius 1 is 1.07 bits per heavy atom. The second-order valence-electron chi connectivity index (χ2n) is 7.42. The van der Waals surface area contributed by atoms with Crippen LogP contribution in [0.4, 0.5) is 0 Å². The van der Waals surface area contributed by atoms with Crippen LogP contribution in [0.3, 0.4) is 0 Å². The molecule has 0 radical (unpaired) electrons. The number of fused-ring (bicyclic) bond motifs is 1. The number of halogens is 1. The Balaban J connectivity index is 1.23.